The number of hydrogen-bond acceptors (Lipinski definition) is 4. The highest BCUT2D eigenvalue weighted by molar-refractivity contribution is 6.30. The summed E-state index contributed by atoms with van der Waals surface area (Å²) in [4.78, 5) is 12.7. The maximum absolute atomic E-state index is 12.7. The smallest absolute Gasteiger partial charge is 0.228 e. The molecule has 0 unspecified atom stereocenters. The summed E-state index contributed by atoms with van der Waals surface area (Å²) >= 11 is 6.02. The van der Waals surface area contributed by atoms with E-state index in [0.717, 1.165) is 37.2 Å². The number of halogens is 1. The molecule has 1 fully saturated rings. The average Bonchev–Trinajstić information content (AvgIpc) is 2.54. The molecule has 0 atom stereocenters. The molecule has 0 bridgehead atoms. The lowest BCUT2D eigenvalue weighted by Gasteiger charge is -2.35. The Morgan fingerprint density at radius 3 is 2.73 bits per heavy atom. The molecule has 1 aromatic rings. The van der Waals surface area contributed by atoms with Gasteiger partial charge in [-0.2, -0.15) is 0 Å². The molecular formula is C16H23ClN2O3. The quantitative estimate of drug-likeness (QED) is 0.839. The Kier molecular flexibility index (Phi) is 6.06. The van der Waals surface area contributed by atoms with E-state index < -0.39 is 5.41 Å². The van der Waals surface area contributed by atoms with Crippen LogP contribution in [0.2, 0.25) is 5.02 Å². The molecule has 0 spiro atoms. The number of piperidine rings is 1. The second-order valence-corrected chi connectivity index (χ2v) is 6.04. The monoisotopic (exact) mass is 326 g/mol. The summed E-state index contributed by atoms with van der Waals surface area (Å²) in [5.74, 6) is 0.744. The maximum atomic E-state index is 12.7. The van der Waals surface area contributed by atoms with E-state index in [1.54, 1.807) is 26.4 Å². The van der Waals surface area contributed by atoms with Gasteiger partial charge in [0.25, 0.3) is 0 Å². The fourth-order valence-electron chi connectivity index (χ4n) is 2.87. The van der Waals surface area contributed by atoms with Gasteiger partial charge in [0.15, 0.2) is 0 Å². The average molecular weight is 327 g/mol. The first-order chi connectivity index (χ1) is 10.6. The van der Waals surface area contributed by atoms with Crippen molar-refractivity contribution in [2.45, 2.75) is 19.4 Å². The number of nitrogens with one attached hydrogen (secondary N) is 2. The van der Waals surface area contributed by atoms with Gasteiger partial charge in [-0.25, -0.2) is 0 Å². The summed E-state index contributed by atoms with van der Waals surface area (Å²) in [5, 5.41) is 6.91. The Labute approximate surface area is 136 Å². The van der Waals surface area contributed by atoms with E-state index in [4.69, 9.17) is 21.1 Å². The Morgan fingerprint density at radius 1 is 1.36 bits per heavy atom. The fraction of sp³-hybridized carbons (Fsp3) is 0.562. The summed E-state index contributed by atoms with van der Waals surface area (Å²) in [6, 6.07) is 5.39. The van der Waals surface area contributed by atoms with Crippen molar-refractivity contribution in [3.63, 3.8) is 0 Å². The van der Waals surface area contributed by atoms with Gasteiger partial charge in [-0.15, -0.1) is 0 Å². The molecule has 1 saturated heterocycles. The number of hydrogen-bond donors (Lipinski definition) is 2. The van der Waals surface area contributed by atoms with Crippen LogP contribution in [0.1, 0.15) is 18.4 Å². The van der Waals surface area contributed by atoms with E-state index in [-0.39, 0.29) is 5.91 Å². The van der Waals surface area contributed by atoms with Gasteiger partial charge >= 0.3 is 0 Å². The molecule has 2 rings (SSSR count). The molecule has 1 aliphatic rings. The van der Waals surface area contributed by atoms with Crippen molar-refractivity contribution >= 4 is 17.5 Å². The zero-order valence-corrected chi connectivity index (χ0v) is 13.8. The topological polar surface area (TPSA) is 59.6 Å². The number of methoxy groups -OCH3 is 2. The van der Waals surface area contributed by atoms with E-state index in [0.29, 0.717) is 18.2 Å². The third-order valence-electron chi connectivity index (χ3n) is 4.14. The first kappa shape index (κ1) is 17.1. The predicted molar refractivity (Wildman–Crippen MR) is 86.3 cm³/mol. The number of amides is 1. The number of ether oxygens (including phenoxy) is 2. The van der Waals surface area contributed by atoms with Crippen LogP contribution >= 0.6 is 11.6 Å². The lowest BCUT2D eigenvalue weighted by molar-refractivity contribution is -0.136. The minimum Gasteiger partial charge on any atom is -0.496 e. The molecular weight excluding hydrogens is 304 g/mol. The standard InChI is InChI=1S/C16H23ClN2O3/c1-21-11-16(5-7-18-8-6-16)15(20)19-10-12-9-13(17)3-4-14(12)22-2/h3-4,9,18H,5-8,10-11H2,1-2H3,(H,19,20). The second kappa shape index (κ2) is 7.81. The van der Waals surface area contributed by atoms with Crippen molar-refractivity contribution in [2.75, 3.05) is 33.9 Å². The van der Waals surface area contributed by atoms with Crippen LogP contribution in [0.25, 0.3) is 0 Å². The highest BCUT2D eigenvalue weighted by Gasteiger charge is 2.39. The summed E-state index contributed by atoms with van der Waals surface area (Å²) < 4.78 is 10.6. The molecule has 2 N–H and O–H groups in total. The zero-order chi connectivity index (χ0) is 16.0. The van der Waals surface area contributed by atoms with Gasteiger partial charge in [0, 0.05) is 24.2 Å². The summed E-state index contributed by atoms with van der Waals surface area (Å²) in [6.07, 6.45) is 1.55. The van der Waals surface area contributed by atoms with Gasteiger partial charge < -0.3 is 20.1 Å². The third-order valence-corrected chi connectivity index (χ3v) is 4.38. The van der Waals surface area contributed by atoms with E-state index in [1.807, 2.05) is 6.07 Å². The van der Waals surface area contributed by atoms with Crippen molar-refractivity contribution in [1.82, 2.24) is 10.6 Å². The van der Waals surface area contributed by atoms with Crippen LogP contribution in [-0.4, -0.2) is 39.8 Å². The molecule has 1 heterocycles. The molecule has 0 aliphatic carbocycles. The van der Waals surface area contributed by atoms with Crippen molar-refractivity contribution in [1.29, 1.82) is 0 Å². The van der Waals surface area contributed by atoms with Gasteiger partial charge in [0.05, 0.1) is 19.1 Å². The minimum atomic E-state index is -0.453. The van der Waals surface area contributed by atoms with E-state index in [9.17, 15) is 4.79 Å². The van der Waals surface area contributed by atoms with Crippen LogP contribution < -0.4 is 15.4 Å². The zero-order valence-electron chi connectivity index (χ0n) is 13.1. The van der Waals surface area contributed by atoms with Crippen molar-refractivity contribution in [3.05, 3.63) is 28.8 Å². The van der Waals surface area contributed by atoms with Crippen LogP contribution in [0.5, 0.6) is 5.75 Å². The van der Waals surface area contributed by atoms with Crippen molar-refractivity contribution < 1.29 is 14.3 Å². The Hall–Kier alpha value is -1.30. The summed E-state index contributed by atoms with van der Waals surface area (Å²) in [6.45, 7) is 2.49. The summed E-state index contributed by atoms with van der Waals surface area (Å²) in [5.41, 5.74) is 0.413. The molecule has 0 aromatic heterocycles. The van der Waals surface area contributed by atoms with Gasteiger partial charge in [-0.3, -0.25) is 4.79 Å². The second-order valence-electron chi connectivity index (χ2n) is 5.60. The summed E-state index contributed by atoms with van der Waals surface area (Å²) in [7, 11) is 3.24. The molecule has 1 amide bonds. The number of benzene rings is 1. The van der Waals surface area contributed by atoms with Gasteiger partial charge in [0.1, 0.15) is 5.75 Å². The Morgan fingerprint density at radius 2 is 2.09 bits per heavy atom. The molecule has 1 aliphatic heterocycles. The predicted octanol–water partition coefficient (Wildman–Crippen LogP) is 1.98. The first-order valence-electron chi connectivity index (χ1n) is 7.42. The number of rotatable bonds is 6. The van der Waals surface area contributed by atoms with Crippen LogP contribution in [0.15, 0.2) is 18.2 Å². The highest BCUT2D eigenvalue weighted by atomic mass is 35.5. The van der Waals surface area contributed by atoms with E-state index in [1.165, 1.54) is 0 Å². The van der Waals surface area contributed by atoms with Crippen LogP contribution in [0.3, 0.4) is 0 Å². The first-order valence-corrected chi connectivity index (χ1v) is 7.79. The van der Waals surface area contributed by atoms with E-state index >= 15 is 0 Å². The SMILES string of the molecule is COCC1(C(=O)NCc2cc(Cl)ccc2OC)CCNCC1. The normalized spacial score (nSPS) is 17.0. The Balaban J connectivity index is 2.06. The molecule has 0 saturated carbocycles. The Bertz CT molecular complexity index is 511. The molecule has 0 radical (unpaired) electrons. The number of carbonyl (C=O) groups excluding carboxylic acids is 1. The molecule has 122 valence electrons. The highest BCUT2D eigenvalue weighted by Crippen LogP contribution is 2.30. The molecule has 1 aromatic carbocycles. The third kappa shape index (κ3) is 3.91. The lowest BCUT2D eigenvalue weighted by Crippen LogP contribution is -2.50. The lowest BCUT2D eigenvalue weighted by atomic mass is 9.78. The largest absolute Gasteiger partial charge is 0.496 e. The number of carbonyl (C=O) groups is 1. The van der Waals surface area contributed by atoms with Crippen LogP contribution in [0.4, 0.5) is 0 Å². The minimum absolute atomic E-state index is 0.0258. The van der Waals surface area contributed by atoms with Gasteiger partial charge in [-0.1, -0.05) is 11.6 Å². The van der Waals surface area contributed by atoms with Gasteiger partial charge in [0.2, 0.25) is 5.91 Å². The van der Waals surface area contributed by atoms with Crippen LogP contribution in [-0.2, 0) is 16.1 Å². The fourth-order valence-corrected chi connectivity index (χ4v) is 3.06. The van der Waals surface area contributed by atoms with Crippen molar-refractivity contribution in [3.8, 4) is 5.75 Å². The maximum Gasteiger partial charge on any atom is 0.228 e. The van der Waals surface area contributed by atoms with Crippen molar-refractivity contribution in [2.24, 2.45) is 5.41 Å². The molecule has 6 heteroatoms. The van der Waals surface area contributed by atoms with E-state index in [2.05, 4.69) is 10.6 Å². The van der Waals surface area contributed by atoms with Crippen LogP contribution in [0, 0.1) is 5.41 Å². The molecule has 22 heavy (non-hydrogen) atoms. The molecule has 5 nitrogen and oxygen atoms in total. The van der Waals surface area contributed by atoms with Gasteiger partial charge in [-0.05, 0) is 44.1 Å².